The molecule has 2 heterocycles. The molecule has 2 amide bonds. The first-order chi connectivity index (χ1) is 11.6. The second-order valence-corrected chi connectivity index (χ2v) is 7.06. The molecule has 2 aliphatic heterocycles. The number of piperazine rings is 1. The van der Waals surface area contributed by atoms with Crippen LogP contribution in [0.3, 0.4) is 0 Å². The molecular weight excluding hydrogens is 385 g/mol. The van der Waals surface area contributed by atoms with E-state index in [9.17, 15) is 9.59 Å². The first-order valence-electron chi connectivity index (χ1n) is 8.30. The van der Waals surface area contributed by atoms with Gasteiger partial charge in [0.1, 0.15) is 0 Å². The smallest absolute Gasteiger partial charge is 0.255 e. The van der Waals surface area contributed by atoms with Crippen LogP contribution in [0.25, 0.3) is 0 Å². The maximum Gasteiger partial charge on any atom is 0.255 e. The molecule has 138 valence electrons. The molecule has 8 heteroatoms. The zero-order chi connectivity index (χ0) is 17.1. The number of hydrogen-bond acceptors (Lipinski definition) is 3. The van der Waals surface area contributed by atoms with Crippen LogP contribution in [-0.4, -0.2) is 60.4 Å². The summed E-state index contributed by atoms with van der Waals surface area (Å²) < 4.78 is 0. The highest BCUT2D eigenvalue weighted by Gasteiger charge is 2.28. The highest BCUT2D eigenvalue weighted by atomic mass is 35.5. The molecule has 3 rings (SSSR count). The van der Waals surface area contributed by atoms with E-state index in [1.54, 1.807) is 23.1 Å². The summed E-state index contributed by atoms with van der Waals surface area (Å²) >= 11 is 12.1. The fourth-order valence-corrected chi connectivity index (χ4v) is 3.65. The Bertz CT molecular complexity index is 628. The second-order valence-electron chi connectivity index (χ2n) is 6.27. The Labute approximate surface area is 164 Å². The van der Waals surface area contributed by atoms with Gasteiger partial charge in [-0.15, -0.1) is 12.4 Å². The van der Waals surface area contributed by atoms with Gasteiger partial charge >= 0.3 is 0 Å². The van der Waals surface area contributed by atoms with Crippen LogP contribution < -0.4 is 5.32 Å². The van der Waals surface area contributed by atoms with Crippen molar-refractivity contribution in [2.45, 2.75) is 25.3 Å². The molecule has 0 bridgehead atoms. The zero-order valence-electron chi connectivity index (χ0n) is 13.8. The third-order valence-corrected chi connectivity index (χ3v) is 5.50. The van der Waals surface area contributed by atoms with Gasteiger partial charge in [0.25, 0.3) is 5.91 Å². The summed E-state index contributed by atoms with van der Waals surface area (Å²) in [6.07, 6.45) is 2.76. The second kappa shape index (κ2) is 9.08. The number of carbonyl (C=O) groups excluding carboxylic acids is 2. The van der Waals surface area contributed by atoms with E-state index in [1.165, 1.54) is 0 Å². The normalized spacial score (nSPS) is 20.3. The monoisotopic (exact) mass is 405 g/mol. The van der Waals surface area contributed by atoms with Crippen LogP contribution in [0.2, 0.25) is 10.0 Å². The Hall–Kier alpha value is -1.01. The van der Waals surface area contributed by atoms with Gasteiger partial charge < -0.3 is 15.1 Å². The predicted molar refractivity (Wildman–Crippen MR) is 102 cm³/mol. The third-order valence-electron chi connectivity index (χ3n) is 4.68. The first-order valence-corrected chi connectivity index (χ1v) is 9.06. The molecule has 25 heavy (non-hydrogen) atoms. The summed E-state index contributed by atoms with van der Waals surface area (Å²) in [6, 6.07) is 5.37. The van der Waals surface area contributed by atoms with E-state index >= 15 is 0 Å². The Morgan fingerprint density at radius 2 is 1.80 bits per heavy atom. The van der Waals surface area contributed by atoms with Gasteiger partial charge in [0.05, 0.1) is 15.6 Å². The Kier molecular flexibility index (Phi) is 7.37. The van der Waals surface area contributed by atoms with Crippen LogP contribution in [-0.2, 0) is 4.79 Å². The van der Waals surface area contributed by atoms with Crippen LogP contribution in [0, 0.1) is 0 Å². The van der Waals surface area contributed by atoms with Gasteiger partial charge in [0, 0.05) is 38.6 Å². The number of hydrogen-bond donors (Lipinski definition) is 1. The molecule has 1 aromatic rings. The Morgan fingerprint density at radius 1 is 1.12 bits per heavy atom. The lowest BCUT2D eigenvalue weighted by molar-refractivity contribution is -0.133. The lowest BCUT2D eigenvalue weighted by Gasteiger charge is -2.35. The Balaban J connectivity index is 0.00000225. The zero-order valence-corrected chi connectivity index (χ0v) is 16.2. The lowest BCUT2D eigenvalue weighted by atomic mass is 10.1. The Morgan fingerprint density at radius 3 is 2.44 bits per heavy atom. The van der Waals surface area contributed by atoms with Crippen molar-refractivity contribution in [2.24, 2.45) is 0 Å². The molecule has 1 N–H and O–H groups in total. The average Bonchev–Trinajstić information content (AvgIpc) is 3.10. The van der Waals surface area contributed by atoms with Crippen LogP contribution in [0.5, 0.6) is 0 Å². The molecule has 2 saturated heterocycles. The van der Waals surface area contributed by atoms with Crippen molar-refractivity contribution in [2.75, 3.05) is 32.7 Å². The highest BCUT2D eigenvalue weighted by molar-refractivity contribution is 6.43. The number of nitrogens with one attached hydrogen (secondary N) is 1. The third kappa shape index (κ3) is 4.79. The molecule has 0 radical (unpaired) electrons. The van der Waals surface area contributed by atoms with Crippen molar-refractivity contribution in [3.8, 4) is 0 Å². The van der Waals surface area contributed by atoms with Crippen LogP contribution in [0.1, 0.15) is 29.6 Å². The minimum absolute atomic E-state index is 0. The van der Waals surface area contributed by atoms with Gasteiger partial charge in [0.2, 0.25) is 5.91 Å². The first kappa shape index (κ1) is 20.3. The molecule has 0 aromatic heterocycles. The average molecular weight is 407 g/mol. The largest absolute Gasteiger partial charge is 0.339 e. The number of benzene rings is 1. The van der Waals surface area contributed by atoms with Gasteiger partial charge in [-0.1, -0.05) is 29.3 Å². The van der Waals surface area contributed by atoms with E-state index in [2.05, 4.69) is 5.32 Å². The van der Waals surface area contributed by atoms with Gasteiger partial charge in [-0.3, -0.25) is 9.59 Å². The molecule has 0 aliphatic carbocycles. The fourth-order valence-electron chi connectivity index (χ4n) is 3.27. The summed E-state index contributed by atoms with van der Waals surface area (Å²) in [5.41, 5.74) is 0.416. The summed E-state index contributed by atoms with van der Waals surface area (Å²) in [5.74, 6) is 0.0364. The number of amides is 2. The van der Waals surface area contributed by atoms with Crippen molar-refractivity contribution in [3.63, 3.8) is 0 Å². The highest BCUT2D eigenvalue weighted by Crippen LogP contribution is 2.26. The lowest BCUT2D eigenvalue weighted by Crippen LogP contribution is -2.51. The van der Waals surface area contributed by atoms with E-state index < -0.39 is 0 Å². The topological polar surface area (TPSA) is 52.7 Å². The molecule has 1 atom stereocenters. The van der Waals surface area contributed by atoms with Crippen LogP contribution in [0.15, 0.2) is 18.2 Å². The van der Waals surface area contributed by atoms with Crippen LogP contribution in [0.4, 0.5) is 0 Å². The SMILES string of the molecule is Cl.O=C(CC1CCCN1)N1CCN(C(=O)c2cccc(Cl)c2Cl)CC1. The molecule has 2 fully saturated rings. The van der Waals surface area contributed by atoms with Crippen molar-refractivity contribution in [3.05, 3.63) is 33.8 Å². The molecule has 5 nitrogen and oxygen atoms in total. The van der Waals surface area contributed by atoms with Crippen molar-refractivity contribution in [1.29, 1.82) is 0 Å². The van der Waals surface area contributed by atoms with E-state index in [0.29, 0.717) is 49.2 Å². The molecular formula is C17H22Cl3N3O2. The van der Waals surface area contributed by atoms with E-state index in [-0.39, 0.29) is 29.2 Å². The molecule has 1 aromatic carbocycles. The van der Waals surface area contributed by atoms with Crippen LogP contribution >= 0.6 is 35.6 Å². The van der Waals surface area contributed by atoms with Gasteiger partial charge in [-0.2, -0.15) is 0 Å². The van der Waals surface area contributed by atoms with Crippen molar-refractivity contribution < 1.29 is 9.59 Å². The van der Waals surface area contributed by atoms with Gasteiger partial charge in [-0.05, 0) is 31.5 Å². The summed E-state index contributed by atoms with van der Waals surface area (Å²) in [7, 11) is 0. The number of rotatable bonds is 3. The molecule has 0 spiro atoms. The van der Waals surface area contributed by atoms with Gasteiger partial charge in [0.15, 0.2) is 0 Å². The summed E-state index contributed by atoms with van der Waals surface area (Å²) in [4.78, 5) is 28.5. The van der Waals surface area contributed by atoms with Crippen molar-refractivity contribution >= 4 is 47.4 Å². The minimum Gasteiger partial charge on any atom is -0.339 e. The van der Waals surface area contributed by atoms with E-state index in [1.807, 2.05) is 4.90 Å². The molecule has 0 saturated carbocycles. The predicted octanol–water partition coefficient (Wildman–Crippen LogP) is 2.84. The fraction of sp³-hybridized carbons (Fsp3) is 0.529. The number of nitrogens with zero attached hydrogens (tertiary/aromatic N) is 2. The standard InChI is InChI=1S/C17H21Cl2N3O2.ClH/c18-14-5-1-4-13(16(14)19)17(24)22-9-7-21(8-10-22)15(23)11-12-3-2-6-20-12;/h1,4-5,12,20H,2-3,6-11H2;1H. The summed E-state index contributed by atoms with van der Waals surface area (Å²) in [5, 5.41) is 4.01. The molecule has 1 unspecified atom stereocenters. The van der Waals surface area contributed by atoms with E-state index in [4.69, 9.17) is 23.2 Å². The maximum atomic E-state index is 12.6. The van der Waals surface area contributed by atoms with Crippen molar-refractivity contribution in [1.82, 2.24) is 15.1 Å². The minimum atomic E-state index is -0.132. The number of halogens is 3. The summed E-state index contributed by atoms with van der Waals surface area (Å²) in [6.45, 7) is 3.17. The maximum absolute atomic E-state index is 12.6. The van der Waals surface area contributed by atoms with E-state index in [0.717, 1.165) is 19.4 Å². The quantitative estimate of drug-likeness (QED) is 0.840. The molecule has 2 aliphatic rings. The number of carbonyl (C=O) groups is 2. The van der Waals surface area contributed by atoms with Gasteiger partial charge in [-0.25, -0.2) is 0 Å².